The molecule has 1 saturated heterocycles. The standard InChI is InChI=1S/C24H26N4O4/c1-31-24(30)18-3-4-19-20(13-18)25-22(26-23(19)29)15-28-9-7-27(8-10-28)14-16-2-5-21-17(12-16)6-11-32-21/h2-5,12-13H,6-11,14-15H2,1H3,(H,25,26,29). The number of nitrogens with one attached hydrogen (secondary N) is 1. The average Bonchev–Trinajstić information content (AvgIpc) is 3.27. The molecular weight excluding hydrogens is 408 g/mol. The van der Waals surface area contributed by atoms with Gasteiger partial charge in [-0.15, -0.1) is 0 Å². The lowest BCUT2D eigenvalue weighted by atomic mass is 10.1. The van der Waals surface area contributed by atoms with Gasteiger partial charge in [-0.3, -0.25) is 14.6 Å². The molecule has 0 aliphatic carbocycles. The highest BCUT2D eigenvalue weighted by atomic mass is 16.5. The van der Waals surface area contributed by atoms with Crippen molar-refractivity contribution in [1.82, 2.24) is 19.8 Å². The average molecular weight is 434 g/mol. The zero-order valence-electron chi connectivity index (χ0n) is 18.1. The third kappa shape index (κ3) is 4.24. The molecule has 0 amide bonds. The van der Waals surface area contributed by atoms with Gasteiger partial charge in [-0.05, 0) is 35.4 Å². The number of carbonyl (C=O) groups excluding carboxylic acids is 1. The first-order valence-corrected chi connectivity index (χ1v) is 10.9. The molecule has 0 radical (unpaired) electrons. The Kier molecular flexibility index (Phi) is 5.63. The molecule has 0 spiro atoms. The zero-order valence-corrected chi connectivity index (χ0v) is 18.1. The van der Waals surface area contributed by atoms with Gasteiger partial charge in [0.2, 0.25) is 0 Å². The van der Waals surface area contributed by atoms with E-state index in [-0.39, 0.29) is 5.56 Å². The quantitative estimate of drug-likeness (QED) is 0.614. The number of fused-ring (bicyclic) bond motifs is 2. The number of piperazine rings is 1. The minimum Gasteiger partial charge on any atom is -0.493 e. The van der Waals surface area contributed by atoms with Gasteiger partial charge in [0, 0.05) is 39.1 Å². The van der Waals surface area contributed by atoms with Crippen LogP contribution in [0.3, 0.4) is 0 Å². The molecule has 2 aromatic carbocycles. The summed E-state index contributed by atoms with van der Waals surface area (Å²) in [6.07, 6.45) is 0.995. The van der Waals surface area contributed by atoms with Crippen LogP contribution >= 0.6 is 0 Å². The Bertz CT molecular complexity index is 1210. The van der Waals surface area contributed by atoms with E-state index in [4.69, 9.17) is 9.47 Å². The number of aromatic nitrogens is 2. The summed E-state index contributed by atoms with van der Waals surface area (Å²) < 4.78 is 10.4. The van der Waals surface area contributed by atoms with E-state index < -0.39 is 5.97 Å². The number of hydrogen-bond donors (Lipinski definition) is 1. The third-order valence-electron chi connectivity index (χ3n) is 6.18. The number of carbonyl (C=O) groups is 1. The minimum atomic E-state index is -0.442. The van der Waals surface area contributed by atoms with Gasteiger partial charge in [0.1, 0.15) is 11.6 Å². The van der Waals surface area contributed by atoms with Crippen molar-refractivity contribution in [3.8, 4) is 5.75 Å². The summed E-state index contributed by atoms with van der Waals surface area (Å²) in [4.78, 5) is 36.5. The molecule has 0 saturated carbocycles. The van der Waals surface area contributed by atoms with Crippen LogP contribution in [0.4, 0.5) is 0 Å². The van der Waals surface area contributed by atoms with Gasteiger partial charge in [0.15, 0.2) is 0 Å². The number of benzene rings is 2. The number of esters is 1. The molecule has 1 N–H and O–H groups in total. The summed E-state index contributed by atoms with van der Waals surface area (Å²) in [6, 6.07) is 11.3. The van der Waals surface area contributed by atoms with Crippen LogP contribution in [0.25, 0.3) is 10.9 Å². The van der Waals surface area contributed by atoms with E-state index in [1.807, 2.05) is 0 Å². The minimum absolute atomic E-state index is 0.194. The van der Waals surface area contributed by atoms with E-state index in [2.05, 4.69) is 38.0 Å². The van der Waals surface area contributed by atoms with Gasteiger partial charge < -0.3 is 14.5 Å². The van der Waals surface area contributed by atoms with E-state index in [0.29, 0.717) is 28.8 Å². The number of H-pyrrole nitrogens is 1. The summed E-state index contributed by atoms with van der Waals surface area (Å²) in [7, 11) is 1.33. The van der Waals surface area contributed by atoms with Gasteiger partial charge in [-0.1, -0.05) is 12.1 Å². The van der Waals surface area contributed by atoms with Crippen molar-refractivity contribution >= 4 is 16.9 Å². The number of ether oxygens (including phenoxy) is 2. The van der Waals surface area contributed by atoms with Crippen molar-refractivity contribution in [1.29, 1.82) is 0 Å². The van der Waals surface area contributed by atoms with Crippen molar-refractivity contribution in [2.75, 3.05) is 39.9 Å². The lowest BCUT2D eigenvalue weighted by molar-refractivity contribution is 0.0601. The SMILES string of the molecule is COC(=O)c1ccc2c(=O)[nH]c(CN3CCN(Cc4ccc5c(c4)CCO5)CC3)nc2c1. The fourth-order valence-corrected chi connectivity index (χ4v) is 4.42. The van der Waals surface area contributed by atoms with Crippen molar-refractivity contribution in [2.45, 2.75) is 19.5 Å². The second kappa shape index (κ2) is 8.72. The Balaban J connectivity index is 1.22. The van der Waals surface area contributed by atoms with E-state index >= 15 is 0 Å². The predicted octanol–water partition coefficient (Wildman–Crippen LogP) is 1.96. The molecule has 2 aliphatic rings. The zero-order chi connectivity index (χ0) is 22.1. The van der Waals surface area contributed by atoms with Crippen LogP contribution in [-0.2, 0) is 24.2 Å². The highest BCUT2D eigenvalue weighted by molar-refractivity contribution is 5.93. The van der Waals surface area contributed by atoms with Crippen LogP contribution in [0.15, 0.2) is 41.2 Å². The largest absolute Gasteiger partial charge is 0.493 e. The number of methoxy groups -OCH3 is 1. The van der Waals surface area contributed by atoms with Crippen molar-refractivity contribution in [3.63, 3.8) is 0 Å². The van der Waals surface area contributed by atoms with Crippen LogP contribution in [0, 0.1) is 0 Å². The Morgan fingerprint density at radius 3 is 2.66 bits per heavy atom. The summed E-state index contributed by atoms with van der Waals surface area (Å²) in [5.41, 5.74) is 3.33. The van der Waals surface area contributed by atoms with Crippen LogP contribution in [0.1, 0.15) is 27.3 Å². The van der Waals surface area contributed by atoms with Crippen LogP contribution in [0.2, 0.25) is 0 Å². The summed E-state index contributed by atoms with van der Waals surface area (Å²) >= 11 is 0. The van der Waals surface area contributed by atoms with Crippen molar-refractivity contribution in [3.05, 3.63) is 69.3 Å². The molecule has 0 bridgehead atoms. The maximum absolute atomic E-state index is 12.5. The summed E-state index contributed by atoms with van der Waals surface area (Å²) in [5, 5.41) is 0.464. The van der Waals surface area contributed by atoms with Crippen LogP contribution in [-0.4, -0.2) is 65.6 Å². The van der Waals surface area contributed by atoms with Crippen LogP contribution in [0.5, 0.6) is 5.75 Å². The fraction of sp³-hybridized carbons (Fsp3) is 0.375. The maximum atomic E-state index is 12.5. The van der Waals surface area contributed by atoms with Crippen LogP contribution < -0.4 is 10.3 Å². The Morgan fingerprint density at radius 1 is 1.09 bits per heavy atom. The molecule has 32 heavy (non-hydrogen) atoms. The molecule has 166 valence electrons. The molecule has 2 aliphatic heterocycles. The first kappa shape index (κ1) is 20.7. The van der Waals surface area contributed by atoms with Crippen molar-refractivity contribution < 1.29 is 14.3 Å². The maximum Gasteiger partial charge on any atom is 0.337 e. The van der Waals surface area contributed by atoms with E-state index in [1.165, 1.54) is 18.2 Å². The van der Waals surface area contributed by atoms with Gasteiger partial charge >= 0.3 is 5.97 Å². The monoisotopic (exact) mass is 434 g/mol. The topological polar surface area (TPSA) is 87.8 Å². The van der Waals surface area contributed by atoms with Gasteiger partial charge in [0.05, 0.1) is 36.7 Å². The first-order chi connectivity index (χ1) is 15.6. The van der Waals surface area contributed by atoms with E-state index in [9.17, 15) is 9.59 Å². The Labute approximate surface area is 185 Å². The normalized spacial score (nSPS) is 16.7. The number of nitrogens with zero attached hydrogens (tertiary/aromatic N) is 3. The molecule has 0 atom stereocenters. The number of hydrogen-bond acceptors (Lipinski definition) is 7. The number of aromatic amines is 1. The highest BCUT2D eigenvalue weighted by Crippen LogP contribution is 2.26. The Morgan fingerprint density at radius 2 is 1.88 bits per heavy atom. The molecule has 3 aromatic rings. The summed E-state index contributed by atoms with van der Waals surface area (Å²) in [6.45, 7) is 6.00. The second-order valence-corrected chi connectivity index (χ2v) is 8.33. The van der Waals surface area contributed by atoms with Gasteiger partial charge in [-0.25, -0.2) is 9.78 Å². The molecule has 5 rings (SSSR count). The molecule has 1 aromatic heterocycles. The van der Waals surface area contributed by atoms with E-state index in [1.54, 1.807) is 18.2 Å². The molecule has 8 nitrogen and oxygen atoms in total. The predicted molar refractivity (Wildman–Crippen MR) is 120 cm³/mol. The van der Waals surface area contributed by atoms with E-state index in [0.717, 1.165) is 51.5 Å². The number of rotatable bonds is 5. The first-order valence-electron chi connectivity index (χ1n) is 10.9. The van der Waals surface area contributed by atoms with Gasteiger partial charge in [-0.2, -0.15) is 0 Å². The molecular formula is C24H26N4O4. The third-order valence-corrected chi connectivity index (χ3v) is 6.18. The lowest BCUT2D eigenvalue weighted by Gasteiger charge is -2.34. The molecule has 0 unspecified atom stereocenters. The second-order valence-electron chi connectivity index (χ2n) is 8.33. The molecule has 8 heteroatoms. The van der Waals surface area contributed by atoms with Gasteiger partial charge in [0.25, 0.3) is 5.56 Å². The summed E-state index contributed by atoms with van der Waals surface area (Å²) in [5.74, 6) is 1.19. The Hall–Kier alpha value is -3.23. The smallest absolute Gasteiger partial charge is 0.337 e. The molecule has 3 heterocycles. The highest BCUT2D eigenvalue weighted by Gasteiger charge is 2.20. The lowest BCUT2D eigenvalue weighted by Crippen LogP contribution is -2.45. The van der Waals surface area contributed by atoms with Crippen molar-refractivity contribution in [2.24, 2.45) is 0 Å². The molecule has 1 fully saturated rings. The fourth-order valence-electron chi connectivity index (χ4n) is 4.42.